The Kier molecular flexibility index (Phi) is 8.62. The van der Waals surface area contributed by atoms with Gasteiger partial charge in [0.25, 0.3) is 20.0 Å². The smallest absolute Gasteiger partial charge is 0.264 e. The predicted octanol–water partition coefficient (Wildman–Crippen LogP) is 5.12. The molecule has 0 aliphatic heterocycles. The van der Waals surface area contributed by atoms with E-state index >= 15 is 0 Å². The first-order chi connectivity index (χ1) is 19.0. The van der Waals surface area contributed by atoms with Crippen molar-refractivity contribution >= 4 is 54.6 Å². The maximum Gasteiger partial charge on any atom is 0.264 e. The molecule has 9 nitrogen and oxygen atoms in total. The molecule has 0 spiro atoms. The Labute approximate surface area is 236 Å². The summed E-state index contributed by atoms with van der Waals surface area (Å²) in [6, 6.07) is 21.7. The third-order valence-corrected chi connectivity index (χ3v) is 9.03. The molecule has 13 heteroatoms. The lowest BCUT2D eigenvalue weighted by molar-refractivity contribution is -0.114. The molecule has 2 N–H and O–H groups in total. The molecular formula is C27H23ClFN3O6S2. The van der Waals surface area contributed by atoms with Gasteiger partial charge in [-0.05, 0) is 97.1 Å². The fourth-order valence-electron chi connectivity index (χ4n) is 3.58. The van der Waals surface area contributed by atoms with E-state index in [4.69, 9.17) is 16.3 Å². The minimum atomic E-state index is -4.24. The lowest BCUT2D eigenvalue weighted by atomic mass is 10.3. The van der Waals surface area contributed by atoms with Gasteiger partial charge in [-0.3, -0.25) is 13.8 Å². The molecule has 0 radical (unpaired) electrons. The molecule has 4 aromatic rings. The number of hydrogen-bond acceptors (Lipinski definition) is 6. The number of hydrogen-bond donors (Lipinski definition) is 2. The highest BCUT2D eigenvalue weighted by molar-refractivity contribution is 7.93. The van der Waals surface area contributed by atoms with Crippen molar-refractivity contribution in [2.45, 2.75) is 9.79 Å². The first kappa shape index (κ1) is 28.9. The zero-order chi connectivity index (χ0) is 28.9. The van der Waals surface area contributed by atoms with Gasteiger partial charge in [-0.25, -0.2) is 21.2 Å². The SMILES string of the molecule is COc1ccc(S(=O)(=O)N(CC(=O)Nc2ccc(S(=O)(=O)Nc3ccc(Cl)cc3)cc2)c2ccc(F)cc2)cc1. The van der Waals surface area contributed by atoms with Crippen molar-refractivity contribution < 1.29 is 30.8 Å². The highest BCUT2D eigenvalue weighted by Crippen LogP contribution is 2.26. The van der Waals surface area contributed by atoms with E-state index in [1.54, 1.807) is 12.1 Å². The van der Waals surface area contributed by atoms with Crippen molar-refractivity contribution in [3.05, 3.63) is 108 Å². The van der Waals surface area contributed by atoms with Gasteiger partial charge in [0.2, 0.25) is 5.91 Å². The van der Waals surface area contributed by atoms with Gasteiger partial charge >= 0.3 is 0 Å². The summed E-state index contributed by atoms with van der Waals surface area (Å²) in [5.41, 5.74) is 0.624. The molecule has 208 valence electrons. The van der Waals surface area contributed by atoms with Crippen LogP contribution in [0.5, 0.6) is 5.75 Å². The van der Waals surface area contributed by atoms with Crippen molar-refractivity contribution in [1.82, 2.24) is 0 Å². The van der Waals surface area contributed by atoms with E-state index in [1.807, 2.05) is 0 Å². The van der Waals surface area contributed by atoms with Crippen molar-refractivity contribution in [2.75, 3.05) is 28.0 Å². The molecule has 0 heterocycles. The minimum Gasteiger partial charge on any atom is -0.497 e. The summed E-state index contributed by atoms with van der Waals surface area (Å²) < 4.78 is 74.2. The Balaban J connectivity index is 1.52. The third-order valence-electron chi connectivity index (χ3n) is 5.59. The second-order valence-electron chi connectivity index (χ2n) is 8.35. The molecule has 4 rings (SSSR count). The summed E-state index contributed by atoms with van der Waals surface area (Å²) in [4.78, 5) is 12.8. The third kappa shape index (κ3) is 6.89. The van der Waals surface area contributed by atoms with E-state index in [0.717, 1.165) is 16.4 Å². The van der Waals surface area contributed by atoms with Gasteiger partial charge < -0.3 is 10.1 Å². The fraction of sp³-hybridized carbons (Fsp3) is 0.0741. The summed E-state index contributed by atoms with van der Waals surface area (Å²) in [6.45, 7) is -0.641. The second-order valence-corrected chi connectivity index (χ2v) is 12.3. The van der Waals surface area contributed by atoms with E-state index in [-0.39, 0.29) is 21.2 Å². The maximum absolute atomic E-state index is 13.5. The minimum absolute atomic E-state index is 0.0597. The predicted molar refractivity (Wildman–Crippen MR) is 151 cm³/mol. The fourth-order valence-corrected chi connectivity index (χ4v) is 6.18. The van der Waals surface area contributed by atoms with Gasteiger partial charge in [0.15, 0.2) is 0 Å². The Morgan fingerprint density at radius 3 is 1.93 bits per heavy atom. The van der Waals surface area contributed by atoms with E-state index < -0.39 is 38.3 Å². The van der Waals surface area contributed by atoms with Crippen LogP contribution in [0, 0.1) is 5.82 Å². The highest BCUT2D eigenvalue weighted by atomic mass is 35.5. The number of carbonyl (C=O) groups is 1. The molecule has 0 bridgehead atoms. The van der Waals surface area contributed by atoms with Crippen LogP contribution in [0.4, 0.5) is 21.5 Å². The largest absolute Gasteiger partial charge is 0.497 e. The van der Waals surface area contributed by atoms with E-state index in [0.29, 0.717) is 16.5 Å². The Hall–Kier alpha value is -4.13. The van der Waals surface area contributed by atoms with Gasteiger partial charge in [-0.15, -0.1) is 0 Å². The normalized spacial score (nSPS) is 11.5. The maximum atomic E-state index is 13.5. The molecular weight excluding hydrogens is 581 g/mol. The quantitative estimate of drug-likeness (QED) is 0.259. The Morgan fingerprint density at radius 1 is 0.800 bits per heavy atom. The van der Waals surface area contributed by atoms with Crippen molar-refractivity contribution in [1.29, 1.82) is 0 Å². The zero-order valence-electron chi connectivity index (χ0n) is 20.9. The Morgan fingerprint density at radius 2 is 1.35 bits per heavy atom. The van der Waals surface area contributed by atoms with Gasteiger partial charge in [0.05, 0.1) is 22.6 Å². The summed E-state index contributed by atoms with van der Waals surface area (Å²) in [6.07, 6.45) is 0. The number of rotatable bonds is 10. The van der Waals surface area contributed by atoms with Crippen LogP contribution in [0.3, 0.4) is 0 Å². The number of halogens is 2. The number of methoxy groups -OCH3 is 1. The van der Waals surface area contributed by atoms with Crippen LogP contribution in [-0.2, 0) is 24.8 Å². The Bertz CT molecular complexity index is 1700. The summed E-state index contributed by atoms with van der Waals surface area (Å²) in [7, 11) is -6.72. The van der Waals surface area contributed by atoms with Crippen LogP contribution < -0.4 is 19.1 Å². The molecule has 0 aliphatic carbocycles. The van der Waals surface area contributed by atoms with Gasteiger partial charge in [-0.2, -0.15) is 0 Å². The molecule has 0 aromatic heterocycles. The average molecular weight is 604 g/mol. The number of carbonyl (C=O) groups excluding carboxylic acids is 1. The number of anilines is 3. The molecule has 0 saturated heterocycles. The van der Waals surface area contributed by atoms with Crippen LogP contribution in [0.1, 0.15) is 0 Å². The van der Waals surface area contributed by atoms with Gasteiger partial charge in [0, 0.05) is 16.4 Å². The van der Waals surface area contributed by atoms with Crippen LogP contribution in [-0.4, -0.2) is 36.4 Å². The molecule has 0 aliphatic rings. The van der Waals surface area contributed by atoms with Crippen LogP contribution in [0.2, 0.25) is 5.02 Å². The van der Waals surface area contributed by atoms with Crippen molar-refractivity contribution in [2.24, 2.45) is 0 Å². The van der Waals surface area contributed by atoms with E-state index in [2.05, 4.69) is 10.0 Å². The summed E-state index contributed by atoms with van der Waals surface area (Å²) in [5.74, 6) is -0.842. The molecule has 0 saturated carbocycles. The molecule has 1 amide bonds. The lowest BCUT2D eigenvalue weighted by Gasteiger charge is -2.24. The molecule has 4 aromatic carbocycles. The number of benzene rings is 4. The standard InChI is InChI=1S/C27H23ClFN3O6S2/c1-38-24-12-16-26(17-13-24)40(36,37)32(23-10-4-20(29)5-11-23)18-27(33)30-21-8-14-25(15-9-21)39(34,35)31-22-6-2-19(28)3-7-22/h2-17,31H,18H2,1H3,(H,30,33). The van der Waals surface area contributed by atoms with E-state index in [9.17, 15) is 26.0 Å². The molecule has 0 atom stereocenters. The van der Waals surface area contributed by atoms with Crippen LogP contribution in [0.15, 0.2) is 107 Å². The van der Waals surface area contributed by atoms with Gasteiger partial charge in [0.1, 0.15) is 18.1 Å². The summed E-state index contributed by atoms with van der Waals surface area (Å²) in [5, 5.41) is 3.02. The van der Waals surface area contributed by atoms with Crippen molar-refractivity contribution in [3.63, 3.8) is 0 Å². The number of sulfonamides is 2. The highest BCUT2D eigenvalue weighted by Gasteiger charge is 2.27. The number of nitrogens with zero attached hydrogens (tertiary/aromatic N) is 1. The average Bonchev–Trinajstić information content (AvgIpc) is 2.94. The monoisotopic (exact) mass is 603 g/mol. The first-order valence-corrected chi connectivity index (χ1v) is 14.9. The summed E-state index contributed by atoms with van der Waals surface area (Å²) >= 11 is 5.83. The van der Waals surface area contributed by atoms with Crippen LogP contribution in [0.25, 0.3) is 0 Å². The molecule has 0 unspecified atom stereocenters. The number of ether oxygens (including phenoxy) is 1. The first-order valence-electron chi connectivity index (χ1n) is 11.6. The van der Waals surface area contributed by atoms with Gasteiger partial charge in [-0.1, -0.05) is 11.6 Å². The van der Waals surface area contributed by atoms with E-state index in [1.165, 1.54) is 79.9 Å². The topological polar surface area (TPSA) is 122 Å². The zero-order valence-corrected chi connectivity index (χ0v) is 23.3. The molecule has 40 heavy (non-hydrogen) atoms. The number of nitrogens with one attached hydrogen (secondary N) is 2. The van der Waals surface area contributed by atoms with Crippen LogP contribution >= 0.6 is 11.6 Å². The van der Waals surface area contributed by atoms with Crippen molar-refractivity contribution in [3.8, 4) is 5.75 Å². The number of amides is 1. The molecule has 0 fully saturated rings. The lowest BCUT2D eigenvalue weighted by Crippen LogP contribution is -2.38. The second kappa shape index (κ2) is 11.9.